The van der Waals surface area contributed by atoms with Gasteiger partial charge in [0.25, 0.3) is 0 Å². The first-order valence-corrected chi connectivity index (χ1v) is 8.00. The molecule has 0 aromatic carbocycles. The summed E-state index contributed by atoms with van der Waals surface area (Å²) in [5, 5.41) is 15.9. The molecule has 1 amide bonds. The van der Waals surface area contributed by atoms with Crippen molar-refractivity contribution in [3.8, 4) is 11.6 Å². The number of nitrogens with zero attached hydrogens (tertiary/aromatic N) is 2. The molecule has 3 rings (SSSR count). The lowest BCUT2D eigenvalue weighted by Crippen LogP contribution is -2.55. The van der Waals surface area contributed by atoms with Crippen LogP contribution in [-0.4, -0.2) is 32.7 Å². The normalized spacial score (nSPS) is 16.7. The predicted octanol–water partition coefficient (Wildman–Crippen LogP) is 2.17. The van der Waals surface area contributed by atoms with Crippen molar-refractivity contribution in [3.05, 3.63) is 24.3 Å². The molecule has 0 unspecified atom stereocenters. The fourth-order valence-corrected chi connectivity index (χ4v) is 2.96. The van der Waals surface area contributed by atoms with Gasteiger partial charge in [0.15, 0.2) is 5.76 Å². The summed E-state index contributed by atoms with van der Waals surface area (Å²) in [5.41, 5.74) is -1.14. The molecule has 1 fully saturated rings. The molecule has 24 heavy (non-hydrogen) atoms. The molecule has 0 bridgehead atoms. The molecule has 2 N–H and O–H groups in total. The number of carbonyl (C=O) groups excluding carboxylic acids is 1. The molecule has 0 radical (unpaired) electrons. The van der Waals surface area contributed by atoms with Gasteiger partial charge in [0, 0.05) is 12.8 Å². The lowest BCUT2D eigenvalue weighted by atomic mass is 9.81. The lowest BCUT2D eigenvalue weighted by Gasteiger charge is -2.33. The van der Waals surface area contributed by atoms with Crippen molar-refractivity contribution in [2.24, 2.45) is 0 Å². The van der Waals surface area contributed by atoms with Gasteiger partial charge < -0.3 is 19.4 Å². The van der Waals surface area contributed by atoms with Crippen LogP contribution in [0.4, 0.5) is 0 Å². The van der Waals surface area contributed by atoms with Gasteiger partial charge in [-0.15, -0.1) is 0 Å². The van der Waals surface area contributed by atoms with E-state index in [1.807, 2.05) is 0 Å². The van der Waals surface area contributed by atoms with E-state index in [0.29, 0.717) is 30.3 Å². The molecule has 1 aliphatic rings. The predicted molar refractivity (Wildman–Crippen MR) is 81.9 cm³/mol. The van der Waals surface area contributed by atoms with E-state index >= 15 is 0 Å². The van der Waals surface area contributed by atoms with Crippen molar-refractivity contribution in [3.63, 3.8) is 0 Å². The van der Waals surface area contributed by atoms with E-state index in [0.717, 1.165) is 19.3 Å². The SMILES string of the molecule is O=C(CCc1nc(-c2ccco2)no1)NC1(C(=O)O)CCCCC1. The van der Waals surface area contributed by atoms with E-state index < -0.39 is 11.5 Å². The second kappa shape index (κ2) is 6.86. The monoisotopic (exact) mass is 333 g/mol. The van der Waals surface area contributed by atoms with Gasteiger partial charge in [-0.25, -0.2) is 4.79 Å². The molecule has 0 atom stereocenters. The number of furan rings is 1. The Labute approximate surface area is 138 Å². The smallest absolute Gasteiger partial charge is 0.329 e. The van der Waals surface area contributed by atoms with E-state index in [-0.39, 0.29) is 18.7 Å². The molecule has 8 nitrogen and oxygen atoms in total. The van der Waals surface area contributed by atoms with Gasteiger partial charge in [-0.3, -0.25) is 4.79 Å². The number of carboxylic acids is 1. The van der Waals surface area contributed by atoms with Gasteiger partial charge in [0.05, 0.1) is 6.26 Å². The third-order valence-corrected chi connectivity index (χ3v) is 4.27. The highest BCUT2D eigenvalue weighted by Gasteiger charge is 2.40. The van der Waals surface area contributed by atoms with Gasteiger partial charge in [-0.05, 0) is 25.0 Å². The highest BCUT2D eigenvalue weighted by Crippen LogP contribution is 2.28. The zero-order valence-corrected chi connectivity index (χ0v) is 13.2. The van der Waals surface area contributed by atoms with Crippen molar-refractivity contribution < 1.29 is 23.6 Å². The van der Waals surface area contributed by atoms with Crippen LogP contribution in [0.1, 0.15) is 44.4 Å². The maximum atomic E-state index is 12.1. The Hall–Kier alpha value is -2.64. The van der Waals surface area contributed by atoms with Gasteiger partial charge >= 0.3 is 5.97 Å². The fourth-order valence-electron chi connectivity index (χ4n) is 2.96. The Morgan fingerprint density at radius 2 is 2.08 bits per heavy atom. The number of aryl methyl sites for hydroxylation is 1. The van der Waals surface area contributed by atoms with Gasteiger partial charge in [0.2, 0.25) is 17.6 Å². The Morgan fingerprint density at radius 3 is 2.75 bits per heavy atom. The van der Waals surface area contributed by atoms with Gasteiger partial charge in [-0.2, -0.15) is 4.98 Å². The molecule has 8 heteroatoms. The van der Waals surface area contributed by atoms with E-state index in [1.54, 1.807) is 12.1 Å². The number of aliphatic carboxylic acids is 1. The summed E-state index contributed by atoms with van der Waals surface area (Å²) in [6.07, 6.45) is 5.40. The molecular weight excluding hydrogens is 314 g/mol. The molecule has 0 saturated heterocycles. The topological polar surface area (TPSA) is 118 Å². The molecule has 0 spiro atoms. The van der Waals surface area contributed by atoms with Crippen LogP contribution in [0, 0.1) is 0 Å². The maximum Gasteiger partial charge on any atom is 0.329 e. The van der Waals surface area contributed by atoms with Crippen molar-refractivity contribution in [2.45, 2.75) is 50.5 Å². The van der Waals surface area contributed by atoms with Gasteiger partial charge in [-0.1, -0.05) is 24.4 Å². The first kappa shape index (κ1) is 16.2. The van der Waals surface area contributed by atoms with Crippen LogP contribution < -0.4 is 5.32 Å². The van der Waals surface area contributed by atoms with Crippen LogP contribution in [0.3, 0.4) is 0 Å². The zero-order valence-electron chi connectivity index (χ0n) is 13.2. The third-order valence-electron chi connectivity index (χ3n) is 4.27. The number of carboxylic acid groups (broad SMARTS) is 1. The summed E-state index contributed by atoms with van der Waals surface area (Å²) in [6, 6.07) is 3.43. The van der Waals surface area contributed by atoms with Crippen LogP contribution in [-0.2, 0) is 16.0 Å². The second-order valence-electron chi connectivity index (χ2n) is 5.99. The molecule has 128 valence electrons. The minimum absolute atomic E-state index is 0.0921. The molecule has 0 aliphatic heterocycles. The number of nitrogens with one attached hydrogen (secondary N) is 1. The first-order valence-electron chi connectivity index (χ1n) is 8.00. The third kappa shape index (κ3) is 3.47. The summed E-state index contributed by atoms with van der Waals surface area (Å²) < 4.78 is 10.3. The quantitative estimate of drug-likeness (QED) is 0.831. The zero-order chi connectivity index (χ0) is 17.0. The summed E-state index contributed by atoms with van der Waals surface area (Å²) in [4.78, 5) is 27.9. The van der Waals surface area contributed by atoms with Crippen molar-refractivity contribution in [2.75, 3.05) is 0 Å². The Bertz CT molecular complexity index is 701. The summed E-state index contributed by atoms with van der Waals surface area (Å²) >= 11 is 0. The minimum atomic E-state index is -1.14. The second-order valence-corrected chi connectivity index (χ2v) is 5.99. The Morgan fingerprint density at radius 1 is 1.29 bits per heavy atom. The van der Waals surface area contributed by atoms with Crippen molar-refractivity contribution >= 4 is 11.9 Å². The average Bonchev–Trinajstić information content (AvgIpc) is 3.25. The van der Waals surface area contributed by atoms with Gasteiger partial charge in [0.1, 0.15) is 5.54 Å². The van der Waals surface area contributed by atoms with E-state index in [9.17, 15) is 14.7 Å². The van der Waals surface area contributed by atoms with Crippen LogP contribution in [0.25, 0.3) is 11.6 Å². The molecule has 2 aromatic heterocycles. The summed E-state index contributed by atoms with van der Waals surface area (Å²) in [5.74, 6) is -0.166. The highest BCUT2D eigenvalue weighted by molar-refractivity contribution is 5.87. The Kier molecular flexibility index (Phi) is 4.64. The summed E-state index contributed by atoms with van der Waals surface area (Å²) in [6.45, 7) is 0. The molecular formula is C16H19N3O5. The first-order chi connectivity index (χ1) is 11.6. The van der Waals surface area contributed by atoms with Crippen LogP contribution in [0.15, 0.2) is 27.3 Å². The van der Waals surface area contributed by atoms with E-state index in [2.05, 4.69) is 15.5 Å². The van der Waals surface area contributed by atoms with Crippen LogP contribution in [0.5, 0.6) is 0 Å². The fraction of sp³-hybridized carbons (Fsp3) is 0.500. The van der Waals surface area contributed by atoms with E-state index in [4.69, 9.17) is 8.94 Å². The van der Waals surface area contributed by atoms with Crippen LogP contribution in [0.2, 0.25) is 0 Å². The van der Waals surface area contributed by atoms with Crippen molar-refractivity contribution in [1.29, 1.82) is 0 Å². The summed E-state index contributed by atoms with van der Waals surface area (Å²) in [7, 11) is 0. The Balaban J connectivity index is 1.56. The molecule has 2 aromatic rings. The number of carbonyl (C=O) groups is 2. The maximum absolute atomic E-state index is 12.1. The number of aromatic nitrogens is 2. The number of amides is 1. The minimum Gasteiger partial charge on any atom is -0.480 e. The number of hydrogen-bond acceptors (Lipinski definition) is 6. The lowest BCUT2D eigenvalue weighted by molar-refractivity contribution is -0.149. The largest absolute Gasteiger partial charge is 0.480 e. The average molecular weight is 333 g/mol. The standard InChI is InChI=1S/C16H19N3O5/c20-12(18-16(15(21)22)8-2-1-3-9-16)6-7-13-17-14(19-24-13)11-5-4-10-23-11/h4-5,10H,1-3,6-9H2,(H,18,20)(H,21,22). The molecule has 1 saturated carbocycles. The highest BCUT2D eigenvalue weighted by atomic mass is 16.5. The molecule has 1 aliphatic carbocycles. The van der Waals surface area contributed by atoms with Crippen LogP contribution >= 0.6 is 0 Å². The van der Waals surface area contributed by atoms with E-state index in [1.165, 1.54) is 6.26 Å². The van der Waals surface area contributed by atoms with Crippen molar-refractivity contribution in [1.82, 2.24) is 15.5 Å². The molecule has 2 heterocycles. The number of hydrogen-bond donors (Lipinski definition) is 2. The number of rotatable bonds is 6.